The number of nitro benzene ring substituents is 1. The van der Waals surface area contributed by atoms with Crippen LogP contribution in [0.3, 0.4) is 0 Å². The van der Waals surface area contributed by atoms with Gasteiger partial charge in [-0.2, -0.15) is 9.61 Å². The Morgan fingerprint density at radius 1 is 1.28 bits per heavy atom. The molecular formula is C17H15N5O2S. The van der Waals surface area contributed by atoms with Crippen molar-refractivity contribution in [3.63, 3.8) is 0 Å². The molecule has 0 radical (unpaired) electrons. The van der Waals surface area contributed by atoms with Crippen molar-refractivity contribution in [3.8, 4) is 0 Å². The van der Waals surface area contributed by atoms with Gasteiger partial charge in [0.1, 0.15) is 0 Å². The van der Waals surface area contributed by atoms with E-state index in [1.54, 1.807) is 16.6 Å². The number of nitro groups is 1. The van der Waals surface area contributed by atoms with Crippen LogP contribution in [0.4, 0.5) is 5.69 Å². The van der Waals surface area contributed by atoms with Gasteiger partial charge in [-0.15, -0.1) is 10.2 Å². The fourth-order valence-electron chi connectivity index (χ4n) is 2.22. The van der Waals surface area contributed by atoms with Gasteiger partial charge in [0, 0.05) is 23.5 Å². The molecule has 3 aromatic rings. The average Bonchev–Trinajstić information content (AvgIpc) is 3.02. The summed E-state index contributed by atoms with van der Waals surface area (Å²) in [5.74, 6) is 0.662. The molecule has 1 aromatic carbocycles. The van der Waals surface area contributed by atoms with E-state index in [1.165, 1.54) is 23.9 Å². The number of allylic oxidation sites excluding steroid dienone is 1. The minimum Gasteiger partial charge on any atom is -0.258 e. The van der Waals surface area contributed by atoms with Gasteiger partial charge < -0.3 is 0 Å². The normalized spacial score (nSPS) is 11.2. The van der Waals surface area contributed by atoms with E-state index in [0.717, 1.165) is 16.2 Å². The zero-order chi connectivity index (χ0) is 17.8. The van der Waals surface area contributed by atoms with E-state index in [-0.39, 0.29) is 5.69 Å². The number of non-ortho nitro benzene ring substituents is 1. The van der Waals surface area contributed by atoms with Gasteiger partial charge in [-0.05, 0) is 30.0 Å². The Kier molecular flexibility index (Phi) is 4.90. The average molecular weight is 353 g/mol. The van der Waals surface area contributed by atoms with E-state index in [2.05, 4.69) is 21.9 Å². The first-order valence-electron chi connectivity index (χ1n) is 7.50. The maximum atomic E-state index is 10.7. The molecule has 0 spiro atoms. The largest absolute Gasteiger partial charge is 0.269 e. The summed E-state index contributed by atoms with van der Waals surface area (Å²) in [5.41, 5.74) is 2.35. The Hall–Kier alpha value is -3.00. The first-order valence-corrected chi connectivity index (χ1v) is 8.38. The Bertz CT molecular complexity index is 963. The molecule has 7 nitrogen and oxygen atoms in total. The first-order chi connectivity index (χ1) is 12.1. The molecule has 2 aromatic heterocycles. The van der Waals surface area contributed by atoms with E-state index >= 15 is 0 Å². The lowest BCUT2D eigenvalue weighted by atomic mass is 10.1. The Morgan fingerprint density at radius 2 is 2.04 bits per heavy atom. The molecule has 0 bridgehead atoms. The summed E-state index contributed by atoms with van der Waals surface area (Å²) >= 11 is 1.50. The number of hydrogen-bond acceptors (Lipinski definition) is 6. The zero-order valence-electron chi connectivity index (χ0n) is 13.5. The standard InChI is InChI=1S/C17H15N5O2S/c1-3-10-25-12(2)15-8-9-16-18-19-17(21(16)20-15)11-13-4-6-14(7-5-13)22(23)24/h3-10H,2,11H2,1H3/b10-3-. The second-order valence-corrected chi connectivity index (χ2v) is 6.22. The first kappa shape index (κ1) is 16.8. The molecule has 25 heavy (non-hydrogen) atoms. The fraction of sp³-hybridized carbons (Fsp3) is 0.118. The molecule has 0 unspecified atom stereocenters. The zero-order valence-corrected chi connectivity index (χ0v) is 14.3. The molecule has 3 rings (SSSR count). The molecule has 0 aliphatic heterocycles. The monoisotopic (exact) mass is 353 g/mol. The van der Waals surface area contributed by atoms with Crippen molar-refractivity contribution in [1.82, 2.24) is 19.8 Å². The highest BCUT2D eigenvalue weighted by Crippen LogP contribution is 2.25. The number of hydrogen-bond donors (Lipinski definition) is 0. The lowest BCUT2D eigenvalue weighted by Crippen LogP contribution is -2.02. The smallest absolute Gasteiger partial charge is 0.258 e. The molecule has 0 aliphatic rings. The minimum absolute atomic E-state index is 0.0626. The summed E-state index contributed by atoms with van der Waals surface area (Å²) in [7, 11) is 0. The number of nitrogens with zero attached hydrogens (tertiary/aromatic N) is 5. The van der Waals surface area contributed by atoms with Gasteiger partial charge in [0.2, 0.25) is 0 Å². The van der Waals surface area contributed by atoms with Crippen LogP contribution in [0.25, 0.3) is 10.6 Å². The Balaban J connectivity index is 1.88. The molecule has 0 fully saturated rings. The maximum Gasteiger partial charge on any atom is 0.269 e. The van der Waals surface area contributed by atoms with Gasteiger partial charge in [-0.25, -0.2) is 0 Å². The van der Waals surface area contributed by atoms with Crippen molar-refractivity contribution in [2.45, 2.75) is 13.3 Å². The van der Waals surface area contributed by atoms with Crippen molar-refractivity contribution >= 4 is 28.0 Å². The van der Waals surface area contributed by atoms with E-state index in [1.807, 2.05) is 30.5 Å². The molecule has 8 heteroatoms. The summed E-state index contributed by atoms with van der Waals surface area (Å²) in [6.45, 7) is 5.97. The fourth-order valence-corrected chi connectivity index (χ4v) is 2.75. The Morgan fingerprint density at radius 3 is 2.72 bits per heavy atom. The SMILES string of the molecule is C=C(S/C=C\C)c1ccc2nnc(Cc3ccc([N+](=O)[O-])cc3)n2n1. The van der Waals surface area contributed by atoms with Crippen molar-refractivity contribution in [2.24, 2.45) is 0 Å². The van der Waals surface area contributed by atoms with E-state index < -0.39 is 4.92 Å². The number of thioether (sulfide) groups is 1. The van der Waals surface area contributed by atoms with Crippen LogP contribution in [0.15, 0.2) is 54.5 Å². The topological polar surface area (TPSA) is 86.2 Å². The lowest BCUT2D eigenvalue weighted by molar-refractivity contribution is -0.384. The number of fused-ring (bicyclic) bond motifs is 1. The summed E-state index contributed by atoms with van der Waals surface area (Å²) in [5, 5.41) is 25.5. The van der Waals surface area contributed by atoms with Crippen LogP contribution < -0.4 is 0 Å². The Labute approximate surface area is 148 Å². The third-order valence-electron chi connectivity index (χ3n) is 3.47. The van der Waals surface area contributed by atoms with E-state index in [4.69, 9.17) is 0 Å². The van der Waals surface area contributed by atoms with Crippen LogP contribution in [-0.4, -0.2) is 24.7 Å². The summed E-state index contributed by atoms with van der Waals surface area (Å²) in [6.07, 6.45) is 2.41. The van der Waals surface area contributed by atoms with Gasteiger partial charge in [0.25, 0.3) is 5.69 Å². The third kappa shape index (κ3) is 3.74. The van der Waals surface area contributed by atoms with E-state index in [9.17, 15) is 10.1 Å². The molecule has 0 amide bonds. The summed E-state index contributed by atoms with van der Waals surface area (Å²) in [6, 6.07) is 10.1. The van der Waals surface area contributed by atoms with Crippen LogP contribution in [0, 0.1) is 10.1 Å². The molecular weight excluding hydrogens is 338 g/mol. The number of aromatic nitrogens is 4. The van der Waals surface area contributed by atoms with Crippen molar-refractivity contribution < 1.29 is 4.92 Å². The molecule has 0 atom stereocenters. The van der Waals surface area contributed by atoms with Crippen LogP contribution in [0.2, 0.25) is 0 Å². The van der Waals surface area contributed by atoms with Crippen LogP contribution in [0.5, 0.6) is 0 Å². The number of benzene rings is 1. The van der Waals surface area contributed by atoms with Gasteiger partial charge in [0.15, 0.2) is 11.5 Å². The molecule has 126 valence electrons. The van der Waals surface area contributed by atoms with Gasteiger partial charge in [0.05, 0.1) is 10.6 Å². The van der Waals surface area contributed by atoms with Crippen LogP contribution in [-0.2, 0) is 6.42 Å². The second-order valence-electron chi connectivity index (χ2n) is 5.22. The van der Waals surface area contributed by atoms with Crippen molar-refractivity contribution in [1.29, 1.82) is 0 Å². The summed E-state index contributed by atoms with van der Waals surface area (Å²) in [4.78, 5) is 11.1. The maximum absolute atomic E-state index is 10.7. The van der Waals surface area contributed by atoms with Crippen LogP contribution in [0.1, 0.15) is 24.0 Å². The summed E-state index contributed by atoms with van der Waals surface area (Å²) < 4.78 is 1.68. The third-order valence-corrected chi connectivity index (χ3v) is 4.37. The molecule has 0 aliphatic carbocycles. The number of rotatable bonds is 6. The van der Waals surface area contributed by atoms with Crippen LogP contribution >= 0.6 is 11.8 Å². The molecule has 0 N–H and O–H groups in total. The predicted molar refractivity (Wildman–Crippen MR) is 98.1 cm³/mol. The molecule has 2 heterocycles. The quantitative estimate of drug-likeness (QED) is 0.494. The highest BCUT2D eigenvalue weighted by Gasteiger charge is 2.11. The minimum atomic E-state index is -0.419. The van der Waals surface area contributed by atoms with Gasteiger partial charge in [-0.3, -0.25) is 10.1 Å². The molecule has 0 saturated carbocycles. The van der Waals surface area contributed by atoms with Gasteiger partial charge >= 0.3 is 0 Å². The van der Waals surface area contributed by atoms with Gasteiger partial charge in [-0.1, -0.05) is 36.5 Å². The van der Waals surface area contributed by atoms with E-state index in [0.29, 0.717) is 17.9 Å². The lowest BCUT2D eigenvalue weighted by Gasteiger charge is -2.04. The predicted octanol–water partition coefficient (Wildman–Crippen LogP) is 3.86. The van der Waals surface area contributed by atoms with Crippen molar-refractivity contribution in [3.05, 3.63) is 81.7 Å². The van der Waals surface area contributed by atoms with Crippen molar-refractivity contribution in [2.75, 3.05) is 0 Å². The second kappa shape index (κ2) is 7.27. The highest BCUT2D eigenvalue weighted by atomic mass is 32.2. The highest BCUT2D eigenvalue weighted by molar-refractivity contribution is 8.10. The molecule has 0 saturated heterocycles.